The molecule has 0 N–H and O–H groups in total. The van der Waals surface area contributed by atoms with Crippen LogP contribution in [0, 0.1) is 16.7 Å². The summed E-state index contributed by atoms with van der Waals surface area (Å²) in [6.07, 6.45) is 12.1. The Morgan fingerprint density at radius 3 is 1.79 bits per heavy atom. The molecule has 0 aromatic rings. The van der Waals surface area contributed by atoms with E-state index in [0.29, 0.717) is 5.41 Å². The minimum absolute atomic E-state index is 0.549. The van der Waals surface area contributed by atoms with Crippen LogP contribution in [-0.2, 0) is 0 Å². The molecular weight excluding hydrogens is 168 g/mol. The van der Waals surface area contributed by atoms with E-state index in [2.05, 4.69) is 20.8 Å². The summed E-state index contributed by atoms with van der Waals surface area (Å²) in [6.45, 7) is 7.42. The van der Waals surface area contributed by atoms with E-state index in [4.69, 9.17) is 0 Å². The molecule has 0 atom stereocenters. The van der Waals surface area contributed by atoms with Crippen molar-refractivity contribution in [3.05, 3.63) is 0 Å². The molecule has 2 aliphatic carbocycles. The molecule has 0 unspecified atom stereocenters. The van der Waals surface area contributed by atoms with Gasteiger partial charge in [0.25, 0.3) is 0 Å². The molecule has 0 nitrogen and oxygen atoms in total. The van der Waals surface area contributed by atoms with Crippen LogP contribution in [0.2, 0.25) is 0 Å². The zero-order valence-electron chi connectivity index (χ0n) is 10.2. The summed E-state index contributed by atoms with van der Waals surface area (Å²) >= 11 is 0. The van der Waals surface area contributed by atoms with Crippen LogP contribution < -0.4 is 0 Å². The van der Waals surface area contributed by atoms with Gasteiger partial charge in [0.05, 0.1) is 0 Å². The smallest absolute Gasteiger partial charge is 0.0221 e. The average molecular weight is 194 g/mol. The highest BCUT2D eigenvalue weighted by Gasteiger charge is 2.51. The van der Waals surface area contributed by atoms with Gasteiger partial charge in [-0.2, -0.15) is 0 Å². The van der Waals surface area contributed by atoms with Crippen LogP contribution in [0.3, 0.4) is 0 Å². The summed E-state index contributed by atoms with van der Waals surface area (Å²) < 4.78 is 0. The van der Waals surface area contributed by atoms with E-state index in [-0.39, 0.29) is 0 Å². The molecule has 0 heteroatoms. The third kappa shape index (κ3) is 1.51. The fourth-order valence-electron chi connectivity index (χ4n) is 3.98. The van der Waals surface area contributed by atoms with Crippen molar-refractivity contribution in [2.24, 2.45) is 16.7 Å². The second-order valence-electron chi connectivity index (χ2n) is 6.59. The number of hydrogen-bond donors (Lipinski definition) is 0. The number of rotatable bonds is 1. The predicted molar refractivity (Wildman–Crippen MR) is 62.3 cm³/mol. The molecule has 0 aromatic carbocycles. The highest BCUT2D eigenvalue weighted by Crippen LogP contribution is 2.61. The Morgan fingerprint density at radius 2 is 1.43 bits per heavy atom. The molecule has 2 saturated carbocycles. The van der Waals surface area contributed by atoms with Crippen molar-refractivity contribution < 1.29 is 0 Å². The third-order valence-corrected chi connectivity index (χ3v) is 5.13. The van der Waals surface area contributed by atoms with E-state index in [9.17, 15) is 0 Å². The van der Waals surface area contributed by atoms with Gasteiger partial charge in [0, 0.05) is 0 Å². The van der Waals surface area contributed by atoms with Crippen LogP contribution >= 0.6 is 0 Å². The molecule has 0 bridgehead atoms. The van der Waals surface area contributed by atoms with Crippen molar-refractivity contribution in [2.45, 2.75) is 72.1 Å². The predicted octanol–water partition coefficient (Wildman–Crippen LogP) is 4.78. The van der Waals surface area contributed by atoms with Gasteiger partial charge >= 0.3 is 0 Å². The minimum atomic E-state index is 0.549. The van der Waals surface area contributed by atoms with Gasteiger partial charge in [-0.3, -0.25) is 0 Å². The molecule has 14 heavy (non-hydrogen) atoms. The molecule has 82 valence electrons. The van der Waals surface area contributed by atoms with Gasteiger partial charge in [-0.1, -0.05) is 46.5 Å². The standard InChI is InChI=1S/C14H26/c1-13(2,3)14(10-7-11-14)12-8-5-4-6-9-12/h12H,4-11H2,1-3H3. The molecule has 0 radical (unpaired) electrons. The first-order chi connectivity index (χ1) is 6.56. The maximum atomic E-state index is 2.47. The largest absolute Gasteiger partial charge is 0.0596 e. The molecular formula is C14H26. The van der Waals surface area contributed by atoms with E-state index >= 15 is 0 Å². The molecule has 2 rings (SSSR count). The molecule has 2 fully saturated rings. The molecule has 0 heterocycles. The normalized spacial score (nSPS) is 28.5. The second kappa shape index (κ2) is 3.54. The van der Waals surface area contributed by atoms with Crippen LogP contribution in [0.4, 0.5) is 0 Å². The topological polar surface area (TPSA) is 0 Å². The van der Waals surface area contributed by atoms with Gasteiger partial charge in [-0.25, -0.2) is 0 Å². The van der Waals surface area contributed by atoms with E-state index in [1.165, 1.54) is 51.4 Å². The summed E-state index contributed by atoms with van der Waals surface area (Å²) in [4.78, 5) is 0. The summed E-state index contributed by atoms with van der Waals surface area (Å²) in [5.41, 5.74) is 1.28. The summed E-state index contributed by atoms with van der Waals surface area (Å²) in [5, 5.41) is 0. The van der Waals surface area contributed by atoms with Gasteiger partial charge in [0.1, 0.15) is 0 Å². The molecule has 0 spiro atoms. The Balaban J connectivity index is 2.11. The number of hydrogen-bond acceptors (Lipinski definition) is 0. The third-order valence-electron chi connectivity index (χ3n) is 5.13. The first-order valence-corrected chi connectivity index (χ1v) is 6.56. The van der Waals surface area contributed by atoms with Gasteiger partial charge < -0.3 is 0 Å². The summed E-state index contributed by atoms with van der Waals surface area (Å²) in [7, 11) is 0. The molecule has 0 amide bonds. The zero-order chi connectivity index (χ0) is 10.2. The maximum Gasteiger partial charge on any atom is -0.0221 e. The fourth-order valence-corrected chi connectivity index (χ4v) is 3.98. The van der Waals surface area contributed by atoms with E-state index in [0.717, 1.165) is 11.3 Å². The highest BCUT2D eigenvalue weighted by atomic mass is 14.6. The lowest BCUT2D eigenvalue weighted by atomic mass is 9.47. The minimum Gasteiger partial charge on any atom is -0.0596 e. The van der Waals surface area contributed by atoms with Crippen molar-refractivity contribution in [2.75, 3.05) is 0 Å². The molecule has 0 aromatic heterocycles. The van der Waals surface area contributed by atoms with Crippen LogP contribution in [0.15, 0.2) is 0 Å². The maximum absolute atomic E-state index is 2.47. The van der Waals surface area contributed by atoms with Gasteiger partial charge in [0.2, 0.25) is 0 Å². The monoisotopic (exact) mass is 194 g/mol. The Hall–Kier alpha value is 0. The van der Waals surface area contributed by atoms with Crippen LogP contribution in [0.5, 0.6) is 0 Å². The quantitative estimate of drug-likeness (QED) is 0.563. The van der Waals surface area contributed by atoms with Crippen LogP contribution in [0.1, 0.15) is 72.1 Å². The fraction of sp³-hybridized carbons (Fsp3) is 1.00. The van der Waals surface area contributed by atoms with Crippen molar-refractivity contribution in [3.63, 3.8) is 0 Å². The zero-order valence-corrected chi connectivity index (χ0v) is 10.2. The molecule has 0 saturated heterocycles. The first kappa shape index (κ1) is 10.5. The van der Waals surface area contributed by atoms with E-state index in [1.54, 1.807) is 0 Å². The van der Waals surface area contributed by atoms with Crippen molar-refractivity contribution in [1.82, 2.24) is 0 Å². The van der Waals surface area contributed by atoms with Gasteiger partial charge in [-0.15, -0.1) is 0 Å². The lowest BCUT2D eigenvalue weighted by molar-refractivity contribution is -0.0746. The van der Waals surface area contributed by atoms with Crippen molar-refractivity contribution >= 4 is 0 Å². The molecule has 0 aliphatic heterocycles. The Labute approximate surface area is 89.5 Å². The van der Waals surface area contributed by atoms with Gasteiger partial charge in [-0.05, 0) is 42.4 Å². The Kier molecular flexibility index (Phi) is 2.66. The van der Waals surface area contributed by atoms with Crippen LogP contribution in [0.25, 0.3) is 0 Å². The summed E-state index contributed by atoms with van der Waals surface area (Å²) in [5.74, 6) is 1.06. The van der Waals surface area contributed by atoms with Gasteiger partial charge in [0.15, 0.2) is 0 Å². The second-order valence-corrected chi connectivity index (χ2v) is 6.59. The van der Waals surface area contributed by atoms with Crippen molar-refractivity contribution in [3.8, 4) is 0 Å². The van der Waals surface area contributed by atoms with E-state index < -0.39 is 0 Å². The lowest BCUT2D eigenvalue weighted by Crippen LogP contribution is -2.48. The van der Waals surface area contributed by atoms with Crippen LogP contribution in [-0.4, -0.2) is 0 Å². The van der Waals surface area contributed by atoms with E-state index in [1.807, 2.05) is 0 Å². The van der Waals surface area contributed by atoms with Crippen molar-refractivity contribution in [1.29, 1.82) is 0 Å². The molecule has 2 aliphatic rings. The summed E-state index contributed by atoms with van der Waals surface area (Å²) in [6, 6.07) is 0. The first-order valence-electron chi connectivity index (χ1n) is 6.56. The Morgan fingerprint density at radius 1 is 0.857 bits per heavy atom. The average Bonchev–Trinajstić information content (AvgIpc) is 2.01. The lowest BCUT2D eigenvalue weighted by Gasteiger charge is -2.57. The highest BCUT2D eigenvalue weighted by molar-refractivity contribution is 5.01. The SMILES string of the molecule is CC(C)(C)C1(C2CCCCC2)CCC1. The Bertz CT molecular complexity index is 187.